The Morgan fingerprint density at radius 2 is 1.83 bits per heavy atom. The predicted molar refractivity (Wildman–Crippen MR) is 121 cm³/mol. The summed E-state index contributed by atoms with van der Waals surface area (Å²) in [6, 6.07) is 22.0. The third kappa shape index (κ3) is 5.08. The first kappa shape index (κ1) is 19.3. The van der Waals surface area contributed by atoms with E-state index in [1.54, 1.807) is 29.9 Å². The SMILES string of the molecule is Clc1ccc(-c2csc(=NCCc3ccccc3)n2N=Cc2cccnc2)cc1. The molecule has 0 spiro atoms. The third-order valence-electron chi connectivity index (χ3n) is 4.32. The van der Waals surface area contributed by atoms with Crippen LogP contribution >= 0.6 is 22.9 Å². The Balaban J connectivity index is 1.67. The first-order chi connectivity index (χ1) is 14.3. The fourth-order valence-electron chi connectivity index (χ4n) is 2.84. The van der Waals surface area contributed by atoms with Gasteiger partial charge in [0.2, 0.25) is 4.80 Å². The first-order valence-corrected chi connectivity index (χ1v) is 10.5. The van der Waals surface area contributed by atoms with E-state index >= 15 is 0 Å². The van der Waals surface area contributed by atoms with Crippen molar-refractivity contribution in [1.29, 1.82) is 0 Å². The molecule has 0 saturated carbocycles. The quantitative estimate of drug-likeness (QED) is 0.392. The minimum atomic E-state index is 0.701. The van der Waals surface area contributed by atoms with Gasteiger partial charge in [0.15, 0.2) is 0 Å². The molecule has 2 heterocycles. The van der Waals surface area contributed by atoms with Crippen LogP contribution in [0, 0.1) is 0 Å². The highest BCUT2D eigenvalue weighted by Crippen LogP contribution is 2.22. The lowest BCUT2D eigenvalue weighted by atomic mass is 10.2. The normalized spacial score (nSPS) is 12.0. The van der Waals surface area contributed by atoms with Gasteiger partial charge in [-0.1, -0.05) is 60.1 Å². The van der Waals surface area contributed by atoms with E-state index < -0.39 is 0 Å². The van der Waals surface area contributed by atoms with Crippen molar-refractivity contribution in [3.05, 3.63) is 105 Å². The van der Waals surface area contributed by atoms with Gasteiger partial charge < -0.3 is 0 Å². The molecule has 0 aliphatic heterocycles. The highest BCUT2D eigenvalue weighted by atomic mass is 35.5. The van der Waals surface area contributed by atoms with Crippen LogP contribution in [0.4, 0.5) is 0 Å². The molecule has 0 N–H and O–H groups in total. The highest BCUT2D eigenvalue weighted by molar-refractivity contribution is 7.07. The van der Waals surface area contributed by atoms with E-state index in [2.05, 4.69) is 34.6 Å². The van der Waals surface area contributed by atoms with Gasteiger partial charge in [0, 0.05) is 40.5 Å². The summed E-state index contributed by atoms with van der Waals surface area (Å²) in [5, 5.41) is 7.48. The molecule has 0 bridgehead atoms. The molecule has 0 unspecified atom stereocenters. The number of halogens is 1. The third-order valence-corrected chi connectivity index (χ3v) is 5.43. The number of thiazole rings is 1. The summed E-state index contributed by atoms with van der Waals surface area (Å²) >= 11 is 7.63. The van der Waals surface area contributed by atoms with E-state index in [4.69, 9.17) is 21.7 Å². The molecule has 4 nitrogen and oxygen atoms in total. The van der Waals surface area contributed by atoms with Crippen LogP contribution in [0.5, 0.6) is 0 Å². The van der Waals surface area contributed by atoms with Crippen LogP contribution < -0.4 is 4.80 Å². The molecule has 4 aromatic rings. The lowest BCUT2D eigenvalue weighted by Crippen LogP contribution is -2.13. The van der Waals surface area contributed by atoms with Crippen LogP contribution in [0.15, 0.2) is 94.6 Å². The number of hydrogen-bond donors (Lipinski definition) is 0. The van der Waals surface area contributed by atoms with E-state index in [9.17, 15) is 0 Å². The Morgan fingerprint density at radius 1 is 1.00 bits per heavy atom. The summed E-state index contributed by atoms with van der Waals surface area (Å²) in [5.41, 5.74) is 4.23. The molecular weight excluding hydrogens is 400 g/mol. The summed E-state index contributed by atoms with van der Waals surface area (Å²) < 4.78 is 1.88. The van der Waals surface area contributed by atoms with Crippen LogP contribution in [0.1, 0.15) is 11.1 Å². The number of nitrogens with zero attached hydrogens (tertiary/aromatic N) is 4. The lowest BCUT2D eigenvalue weighted by Gasteiger charge is -2.04. The number of pyridine rings is 1. The largest absolute Gasteiger partial charge is 0.264 e. The maximum atomic E-state index is 6.05. The van der Waals surface area contributed by atoms with Gasteiger partial charge in [-0.05, 0) is 30.2 Å². The Kier molecular flexibility index (Phi) is 6.29. The monoisotopic (exact) mass is 418 g/mol. The van der Waals surface area contributed by atoms with Gasteiger partial charge in [0.1, 0.15) is 0 Å². The number of aromatic nitrogens is 2. The molecule has 0 fully saturated rings. The van der Waals surface area contributed by atoms with Gasteiger partial charge in [-0.25, -0.2) is 4.68 Å². The standard InChI is InChI=1S/C23H19ClN4S/c24-21-10-8-20(9-11-21)22-17-29-23(26-14-12-18-5-2-1-3-6-18)28(22)27-16-19-7-4-13-25-15-19/h1-11,13,15-17H,12,14H2. The van der Waals surface area contributed by atoms with Gasteiger partial charge >= 0.3 is 0 Å². The van der Waals surface area contributed by atoms with Crippen LogP contribution in [-0.2, 0) is 6.42 Å². The van der Waals surface area contributed by atoms with Gasteiger partial charge in [-0.3, -0.25) is 9.98 Å². The Hall–Kier alpha value is -3.02. The second kappa shape index (κ2) is 9.45. The van der Waals surface area contributed by atoms with Crippen molar-refractivity contribution in [3.8, 4) is 11.3 Å². The molecular formula is C23H19ClN4S. The van der Waals surface area contributed by atoms with Crippen molar-refractivity contribution in [2.75, 3.05) is 6.54 Å². The molecule has 0 amide bonds. The molecule has 2 aromatic heterocycles. The van der Waals surface area contributed by atoms with E-state index in [-0.39, 0.29) is 0 Å². The van der Waals surface area contributed by atoms with Crippen molar-refractivity contribution < 1.29 is 0 Å². The molecule has 0 saturated heterocycles. The maximum Gasteiger partial charge on any atom is 0.206 e. The highest BCUT2D eigenvalue weighted by Gasteiger charge is 2.07. The molecule has 144 valence electrons. The number of hydrogen-bond acceptors (Lipinski definition) is 4. The Morgan fingerprint density at radius 3 is 2.59 bits per heavy atom. The molecule has 6 heteroatoms. The van der Waals surface area contributed by atoms with Gasteiger partial charge in [-0.2, -0.15) is 5.10 Å². The first-order valence-electron chi connectivity index (χ1n) is 9.25. The smallest absolute Gasteiger partial charge is 0.206 e. The topological polar surface area (TPSA) is 42.5 Å². The van der Waals surface area contributed by atoms with Gasteiger partial charge in [0.05, 0.1) is 11.9 Å². The van der Waals surface area contributed by atoms with Gasteiger partial charge in [-0.15, -0.1) is 11.3 Å². The van der Waals surface area contributed by atoms with Crippen molar-refractivity contribution >= 4 is 29.2 Å². The predicted octanol–water partition coefficient (Wildman–Crippen LogP) is 5.29. The summed E-state index contributed by atoms with van der Waals surface area (Å²) in [6.45, 7) is 0.701. The van der Waals surface area contributed by atoms with Crippen LogP contribution in [0.2, 0.25) is 5.02 Å². The van der Waals surface area contributed by atoms with Crippen molar-refractivity contribution in [1.82, 2.24) is 9.66 Å². The zero-order chi connectivity index (χ0) is 19.9. The van der Waals surface area contributed by atoms with E-state index in [0.717, 1.165) is 28.0 Å². The second-order valence-corrected chi connectivity index (χ2v) is 7.64. The van der Waals surface area contributed by atoms with Crippen LogP contribution in [0.25, 0.3) is 11.3 Å². The van der Waals surface area contributed by atoms with E-state index in [1.807, 2.05) is 47.1 Å². The molecule has 0 aliphatic carbocycles. The van der Waals surface area contributed by atoms with Crippen molar-refractivity contribution in [2.45, 2.75) is 6.42 Å². The van der Waals surface area contributed by atoms with E-state index in [1.165, 1.54) is 5.56 Å². The maximum absolute atomic E-state index is 6.05. The number of rotatable bonds is 6. The molecule has 29 heavy (non-hydrogen) atoms. The van der Waals surface area contributed by atoms with Gasteiger partial charge in [0.25, 0.3) is 0 Å². The summed E-state index contributed by atoms with van der Waals surface area (Å²) in [6.07, 6.45) is 6.22. The summed E-state index contributed by atoms with van der Waals surface area (Å²) in [5.74, 6) is 0. The number of benzene rings is 2. The minimum Gasteiger partial charge on any atom is -0.264 e. The molecule has 0 radical (unpaired) electrons. The van der Waals surface area contributed by atoms with Crippen LogP contribution in [-0.4, -0.2) is 22.4 Å². The zero-order valence-electron chi connectivity index (χ0n) is 15.6. The fraction of sp³-hybridized carbons (Fsp3) is 0.0870. The lowest BCUT2D eigenvalue weighted by molar-refractivity contribution is 0.816. The minimum absolute atomic E-state index is 0.701. The Labute approximate surface area is 178 Å². The molecule has 0 atom stereocenters. The zero-order valence-corrected chi connectivity index (χ0v) is 17.2. The summed E-state index contributed by atoms with van der Waals surface area (Å²) in [7, 11) is 0. The van der Waals surface area contributed by atoms with E-state index in [0.29, 0.717) is 11.6 Å². The Bertz CT molecular complexity index is 1150. The average molecular weight is 419 g/mol. The molecule has 0 aliphatic rings. The summed E-state index contributed by atoms with van der Waals surface area (Å²) in [4.78, 5) is 9.80. The molecule has 4 rings (SSSR count). The fourth-order valence-corrected chi connectivity index (χ4v) is 3.83. The second-order valence-electron chi connectivity index (χ2n) is 6.37. The van der Waals surface area contributed by atoms with Crippen molar-refractivity contribution in [3.63, 3.8) is 0 Å². The van der Waals surface area contributed by atoms with Crippen molar-refractivity contribution in [2.24, 2.45) is 10.1 Å². The average Bonchev–Trinajstić information content (AvgIpc) is 3.17. The van der Waals surface area contributed by atoms with Crippen LogP contribution in [0.3, 0.4) is 0 Å². The molecule has 2 aromatic carbocycles.